The van der Waals surface area contributed by atoms with Crippen molar-refractivity contribution in [2.24, 2.45) is 0 Å². The van der Waals surface area contributed by atoms with Crippen LogP contribution in [0.15, 0.2) is 47.1 Å². The number of carbonyl (C=O) groups excluding carboxylic acids is 2. The summed E-state index contributed by atoms with van der Waals surface area (Å²) in [6, 6.07) is 8.41. The fraction of sp³-hybridized carbons (Fsp3) is 0.200. The fourth-order valence-electron chi connectivity index (χ4n) is 3.29. The Hall–Kier alpha value is -3.12. The molecule has 4 rings (SSSR count). The van der Waals surface area contributed by atoms with Crippen LogP contribution in [0.3, 0.4) is 0 Å². The highest BCUT2D eigenvalue weighted by Gasteiger charge is 2.32. The van der Waals surface area contributed by atoms with E-state index in [1.54, 1.807) is 12.1 Å². The van der Waals surface area contributed by atoms with E-state index in [1.165, 1.54) is 40.0 Å². The zero-order valence-corrected chi connectivity index (χ0v) is 18.9. The van der Waals surface area contributed by atoms with Crippen LogP contribution in [0.25, 0.3) is 16.9 Å². The molecule has 13 heteroatoms. The molecule has 0 atom stereocenters. The molecule has 1 aliphatic heterocycles. The van der Waals surface area contributed by atoms with Gasteiger partial charge in [0, 0.05) is 35.4 Å². The molecule has 33 heavy (non-hydrogen) atoms. The van der Waals surface area contributed by atoms with Gasteiger partial charge in [0.15, 0.2) is 5.69 Å². The highest BCUT2D eigenvalue weighted by molar-refractivity contribution is 9.10. The molecule has 172 valence electrons. The number of aromatic nitrogens is 3. The van der Waals surface area contributed by atoms with E-state index < -0.39 is 18.0 Å². The quantitative estimate of drug-likeness (QED) is 0.505. The lowest BCUT2D eigenvalue weighted by Crippen LogP contribution is -2.50. The predicted molar refractivity (Wildman–Crippen MR) is 115 cm³/mol. The average Bonchev–Trinajstić information content (AvgIpc) is 3.17. The van der Waals surface area contributed by atoms with Crippen LogP contribution in [0.5, 0.6) is 5.75 Å². The molecule has 1 N–H and O–H groups in total. The first-order valence-corrected chi connectivity index (χ1v) is 10.6. The van der Waals surface area contributed by atoms with Crippen molar-refractivity contribution in [2.75, 3.05) is 19.6 Å². The maximum Gasteiger partial charge on any atom is 0.573 e. The average molecular weight is 545 g/mol. The first-order chi connectivity index (χ1) is 15.6. The van der Waals surface area contributed by atoms with Gasteiger partial charge in [-0.1, -0.05) is 27.5 Å². The summed E-state index contributed by atoms with van der Waals surface area (Å²) in [5, 5.41) is 7.15. The van der Waals surface area contributed by atoms with Crippen LogP contribution < -0.4 is 10.1 Å². The van der Waals surface area contributed by atoms with E-state index in [1.807, 2.05) is 0 Å². The van der Waals surface area contributed by atoms with Gasteiger partial charge >= 0.3 is 6.36 Å². The van der Waals surface area contributed by atoms with Crippen molar-refractivity contribution in [1.82, 2.24) is 25.0 Å². The zero-order valence-electron chi connectivity index (χ0n) is 16.6. The highest BCUT2D eigenvalue weighted by Crippen LogP contribution is 2.33. The number of ether oxygens (including phenoxy) is 1. The summed E-state index contributed by atoms with van der Waals surface area (Å²) in [6.45, 7) is 0.485. The summed E-state index contributed by atoms with van der Waals surface area (Å²) >= 11 is 9.19. The van der Waals surface area contributed by atoms with E-state index in [0.29, 0.717) is 34.5 Å². The van der Waals surface area contributed by atoms with E-state index in [4.69, 9.17) is 11.6 Å². The van der Waals surface area contributed by atoms with Gasteiger partial charge in [0.1, 0.15) is 10.9 Å². The Kier molecular flexibility index (Phi) is 6.30. The number of rotatable bonds is 4. The minimum Gasteiger partial charge on any atom is -0.406 e. The standard InChI is InChI=1S/C20H14BrClF3N5O3/c21-12-5-11(6-14(7-12)33-20(23,24)25)16-9-15(19(32)29-4-3-27-18(31)10-29)28-30(16)13-1-2-26-17(22)8-13/h1-2,5-9H,3-4,10H2,(H,27,31). The van der Waals surface area contributed by atoms with Crippen LogP contribution in [0.1, 0.15) is 10.5 Å². The van der Waals surface area contributed by atoms with E-state index in [2.05, 4.69) is 36.1 Å². The molecule has 0 radical (unpaired) electrons. The Labute approximate surface area is 198 Å². The number of benzene rings is 1. The Bertz CT molecular complexity index is 1230. The van der Waals surface area contributed by atoms with Crippen molar-refractivity contribution >= 4 is 39.3 Å². The summed E-state index contributed by atoms with van der Waals surface area (Å²) < 4.78 is 44.1. The zero-order chi connectivity index (χ0) is 23.8. The lowest BCUT2D eigenvalue weighted by molar-refractivity contribution is -0.274. The number of nitrogens with one attached hydrogen (secondary N) is 1. The van der Waals surface area contributed by atoms with Crippen molar-refractivity contribution in [3.63, 3.8) is 0 Å². The van der Waals surface area contributed by atoms with E-state index in [9.17, 15) is 22.8 Å². The van der Waals surface area contributed by atoms with E-state index >= 15 is 0 Å². The Balaban J connectivity index is 1.81. The summed E-state index contributed by atoms with van der Waals surface area (Å²) in [5.41, 5.74) is 1.03. The van der Waals surface area contributed by atoms with Gasteiger partial charge in [0.25, 0.3) is 5.91 Å². The van der Waals surface area contributed by atoms with Gasteiger partial charge in [-0.3, -0.25) is 9.59 Å². The molecule has 0 unspecified atom stereocenters. The molecule has 0 saturated carbocycles. The van der Waals surface area contributed by atoms with Crippen molar-refractivity contribution in [2.45, 2.75) is 6.36 Å². The van der Waals surface area contributed by atoms with Gasteiger partial charge in [-0.15, -0.1) is 13.2 Å². The third kappa shape index (κ3) is 5.45. The summed E-state index contributed by atoms with van der Waals surface area (Å²) in [6.07, 6.45) is -3.45. The Morgan fingerprint density at radius 2 is 2.00 bits per heavy atom. The molecule has 1 saturated heterocycles. The number of pyridine rings is 1. The predicted octanol–water partition coefficient (Wildman–Crippen LogP) is 3.82. The molecule has 0 aliphatic carbocycles. The highest BCUT2D eigenvalue weighted by atomic mass is 79.9. The van der Waals surface area contributed by atoms with Crippen LogP contribution in [0.2, 0.25) is 5.15 Å². The molecule has 1 aliphatic rings. The van der Waals surface area contributed by atoms with Crippen molar-refractivity contribution in [3.8, 4) is 22.7 Å². The number of amides is 2. The van der Waals surface area contributed by atoms with Gasteiger partial charge in [-0.05, 0) is 30.3 Å². The van der Waals surface area contributed by atoms with E-state index in [0.717, 1.165) is 0 Å². The van der Waals surface area contributed by atoms with Crippen LogP contribution >= 0.6 is 27.5 Å². The second-order valence-corrected chi connectivity index (χ2v) is 8.27. The van der Waals surface area contributed by atoms with Crippen molar-refractivity contribution < 1.29 is 27.5 Å². The number of carbonyl (C=O) groups is 2. The van der Waals surface area contributed by atoms with Gasteiger partial charge < -0.3 is 15.0 Å². The minimum atomic E-state index is -4.88. The maximum atomic E-state index is 13.0. The number of alkyl halides is 3. The van der Waals surface area contributed by atoms with Gasteiger partial charge in [-0.25, -0.2) is 9.67 Å². The largest absolute Gasteiger partial charge is 0.573 e. The molecule has 8 nitrogen and oxygen atoms in total. The SMILES string of the molecule is O=C1CN(C(=O)c2cc(-c3cc(Br)cc(OC(F)(F)F)c3)n(-c3ccnc(Cl)c3)n2)CCN1. The summed E-state index contributed by atoms with van der Waals surface area (Å²) in [5.74, 6) is -1.24. The van der Waals surface area contributed by atoms with E-state index in [-0.39, 0.29) is 23.3 Å². The molecule has 2 amide bonds. The molecule has 2 aromatic heterocycles. The normalized spacial score (nSPS) is 14.2. The fourth-order valence-corrected chi connectivity index (χ4v) is 3.93. The smallest absolute Gasteiger partial charge is 0.406 e. The molecule has 3 aromatic rings. The molecular formula is C20H14BrClF3N5O3. The Morgan fingerprint density at radius 3 is 2.70 bits per heavy atom. The molecule has 0 spiro atoms. The summed E-state index contributed by atoms with van der Waals surface area (Å²) in [4.78, 5) is 30.0. The minimum absolute atomic E-state index is 0.00546. The number of piperazine rings is 1. The number of hydrogen-bond acceptors (Lipinski definition) is 5. The van der Waals surface area contributed by atoms with Crippen molar-refractivity contribution in [1.29, 1.82) is 0 Å². The number of halogens is 5. The van der Waals surface area contributed by atoms with Gasteiger partial charge in [0.2, 0.25) is 5.91 Å². The molecular weight excluding hydrogens is 531 g/mol. The molecule has 0 bridgehead atoms. The van der Waals surface area contributed by atoms with Crippen LogP contribution in [0.4, 0.5) is 13.2 Å². The van der Waals surface area contributed by atoms with Crippen molar-refractivity contribution in [3.05, 3.63) is 57.9 Å². The third-order valence-corrected chi connectivity index (χ3v) is 5.27. The lowest BCUT2D eigenvalue weighted by Gasteiger charge is -2.25. The number of hydrogen-bond donors (Lipinski definition) is 1. The van der Waals surface area contributed by atoms with Crippen LogP contribution in [0, 0.1) is 0 Å². The summed E-state index contributed by atoms with van der Waals surface area (Å²) in [7, 11) is 0. The van der Waals surface area contributed by atoms with Gasteiger partial charge in [0.05, 0.1) is 17.9 Å². The Morgan fingerprint density at radius 1 is 1.21 bits per heavy atom. The maximum absolute atomic E-state index is 13.0. The van der Waals surface area contributed by atoms with Crippen LogP contribution in [-0.4, -0.2) is 57.5 Å². The second-order valence-electron chi connectivity index (χ2n) is 6.96. The number of nitrogens with zero attached hydrogens (tertiary/aromatic N) is 4. The second kappa shape index (κ2) is 9.02. The first kappa shape index (κ1) is 23.1. The topological polar surface area (TPSA) is 89.4 Å². The molecule has 1 fully saturated rings. The molecule has 1 aromatic carbocycles. The first-order valence-electron chi connectivity index (χ1n) is 9.44. The monoisotopic (exact) mass is 543 g/mol. The molecule has 3 heterocycles. The van der Waals surface area contributed by atoms with Crippen LogP contribution in [-0.2, 0) is 4.79 Å². The lowest BCUT2D eigenvalue weighted by atomic mass is 10.1. The third-order valence-electron chi connectivity index (χ3n) is 4.61. The van der Waals surface area contributed by atoms with Gasteiger partial charge in [-0.2, -0.15) is 5.10 Å².